The molecule has 32 heavy (non-hydrogen) atoms. The van der Waals surface area contributed by atoms with E-state index in [0.717, 1.165) is 31.6 Å². The zero-order valence-corrected chi connectivity index (χ0v) is 20.8. The summed E-state index contributed by atoms with van der Waals surface area (Å²) in [5.41, 5.74) is 0.799. The number of piperidine rings is 1. The highest BCUT2D eigenvalue weighted by Crippen LogP contribution is 2.32. The predicted octanol–water partition coefficient (Wildman–Crippen LogP) is 3.20. The summed E-state index contributed by atoms with van der Waals surface area (Å²) in [5.74, 6) is -0.388. The van der Waals surface area contributed by atoms with Crippen molar-refractivity contribution in [3.05, 3.63) is 18.2 Å². The van der Waals surface area contributed by atoms with Crippen LogP contribution in [0.2, 0.25) is 0 Å². The quantitative estimate of drug-likeness (QED) is 0.582. The first-order valence-corrected chi connectivity index (χ1v) is 12.9. The third kappa shape index (κ3) is 6.68. The largest absolute Gasteiger partial charge is 0.370 e. The fourth-order valence-electron chi connectivity index (χ4n) is 3.67. The van der Waals surface area contributed by atoms with E-state index in [-0.39, 0.29) is 29.7 Å². The summed E-state index contributed by atoms with van der Waals surface area (Å²) in [6, 6.07) is 4.97. The number of hydrogen-bond acceptors (Lipinski definition) is 5. The highest BCUT2D eigenvalue weighted by molar-refractivity contribution is 7.89. The van der Waals surface area contributed by atoms with Crippen LogP contribution in [0.5, 0.6) is 0 Å². The molecule has 2 amide bonds. The maximum absolute atomic E-state index is 13.0. The number of anilines is 2. The number of nitrogens with zero attached hydrogens (tertiary/aromatic N) is 2. The van der Waals surface area contributed by atoms with Gasteiger partial charge < -0.3 is 15.5 Å². The zero-order valence-electron chi connectivity index (χ0n) is 20.0. The molecule has 0 spiro atoms. The SMILES string of the molecule is CCN(CC)S(=O)(=O)c1ccc(N2CCCCC2)c(NC(=O)CCNC(=O)C(C)(C)C)c1. The summed E-state index contributed by atoms with van der Waals surface area (Å²) in [7, 11) is -3.65. The summed E-state index contributed by atoms with van der Waals surface area (Å²) in [4.78, 5) is 27.0. The monoisotopic (exact) mass is 466 g/mol. The fraction of sp³-hybridized carbons (Fsp3) is 0.652. The first kappa shape index (κ1) is 26.1. The Hall–Kier alpha value is -2.13. The van der Waals surface area contributed by atoms with Crippen LogP contribution >= 0.6 is 0 Å². The van der Waals surface area contributed by atoms with Gasteiger partial charge in [0.2, 0.25) is 21.8 Å². The molecule has 1 aliphatic rings. The van der Waals surface area contributed by atoms with Crippen LogP contribution in [0.1, 0.15) is 60.3 Å². The van der Waals surface area contributed by atoms with Gasteiger partial charge in [-0.2, -0.15) is 4.31 Å². The first-order valence-electron chi connectivity index (χ1n) is 11.5. The molecule has 1 aromatic carbocycles. The van der Waals surface area contributed by atoms with E-state index in [1.54, 1.807) is 32.0 Å². The topological polar surface area (TPSA) is 98.8 Å². The third-order valence-electron chi connectivity index (χ3n) is 5.60. The molecular weight excluding hydrogens is 428 g/mol. The molecule has 1 saturated heterocycles. The maximum atomic E-state index is 13.0. The smallest absolute Gasteiger partial charge is 0.243 e. The van der Waals surface area contributed by atoms with Crippen LogP contribution < -0.4 is 15.5 Å². The summed E-state index contributed by atoms with van der Waals surface area (Å²) >= 11 is 0. The Morgan fingerprint density at radius 2 is 1.69 bits per heavy atom. The van der Waals surface area contributed by atoms with Crippen molar-refractivity contribution in [3.63, 3.8) is 0 Å². The van der Waals surface area contributed by atoms with E-state index in [1.807, 2.05) is 20.8 Å². The van der Waals surface area contributed by atoms with Crippen molar-refractivity contribution in [2.75, 3.05) is 42.9 Å². The van der Waals surface area contributed by atoms with Crippen LogP contribution in [0.3, 0.4) is 0 Å². The van der Waals surface area contributed by atoms with Gasteiger partial charge >= 0.3 is 0 Å². The van der Waals surface area contributed by atoms with Gasteiger partial charge in [-0.15, -0.1) is 0 Å². The number of rotatable bonds is 9. The Morgan fingerprint density at radius 1 is 1.06 bits per heavy atom. The number of amides is 2. The molecule has 2 rings (SSSR count). The highest BCUT2D eigenvalue weighted by atomic mass is 32.2. The van der Waals surface area contributed by atoms with Crippen molar-refractivity contribution < 1.29 is 18.0 Å². The van der Waals surface area contributed by atoms with E-state index >= 15 is 0 Å². The summed E-state index contributed by atoms with van der Waals surface area (Å²) in [5, 5.41) is 5.66. The lowest BCUT2D eigenvalue weighted by Gasteiger charge is -2.31. The van der Waals surface area contributed by atoms with Crippen LogP contribution in [0.15, 0.2) is 23.1 Å². The minimum absolute atomic E-state index is 0.105. The van der Waals surface area contributed by atoms with E-state index in [9.17, 15) is 18.0 Å². The molecule has 9 heteroatoms. The van der Waals surface area contributed by atoms with Crippen molar-refractivity contribution in [3.8, 4) is 0 Å². The predicted molar refractivity (Wildman–Crippen MR) is 128 cm³/mol. The first-order chi connectivity index (χ1) is 15.0. The minimum Gasteiger partial charge on any atom is -0.370 e. The second-order valence-electron chi connectivity index (χ2n) is 9.12. The van der Waals surface area contributed by atoms with Crippen LogP contribution in [0.25, 0.3) is 0 Å². The molecule has 0 aromatic heterocycles. The van der Waals surface area contributed by atoms with Crippen molar-refractivity contribution in [1.29, 1.82) is 0 Å². The summed E-state index contributed by atoms with van der Waals surface area (Å²) in [6.45, 7) is 11.8. The molecule has 0 aliphatic carbocycles. The minimum atomic E-state index is -3.65. The number of nitrogens with one attached hydrogen (secondary N) is 2. The lowest BCUT2D eigenvalue weighted by Crippen LogP contribution is -2.36. The van der Waals surface area contributed by atoms with E-state index < -0.39 is 15.4 Å². The molecule has 8 nitrogen and oxygen atoms in total. The van der Waals surface area contributed by atoms with Gasteiger partial charge in [0.15, 0.2) is 0 Å². The third-order valence-corrected chi connectivity index (χ3v) is 7.65. The highest BCUT2D eigenvalue weighted by Gasteiger charge is 2.25. The molecule has 1 aromatic rings. The van der Waals surface area contributed by atoms with Crippen LogP contribution in [-0.2, 0) is 19.6 Å². The Morgan fingerprint density at radius 3 is 2.25 bits per heavy atom. The summed E-state index contributed by atoms with van der Waals surface area (Å²) < 4.78 is 27.4. The number of carbonyl (C=O) groups is 2. The number of carbonyl (C=O) groups excluding carboxylic acids is 2. The zero-order chi connectivity index (χ0) is 23.9. The normalized spacial score (nSPS) is 15.0. The van der Waals surface area contributed by atoms with Crippen LogP contribution in [0, 0.1) is 5.41 Å². The molecule has 2 N–H and O–H groups in total. The van der Waals surface area contributed by atoms with Gasteiger partial charge in [-0.05, 0) is 37.5 Å². The fourth-order valence-corrected chi connectivity index (χ4v) is 5.15. The Bertz CT molecular complexity index is 899. The van der Waals surface area contributed by atoms with E-state index in [2.05, 4.69) is 15.5 Å². The Kier molecular flexibility index (Phi) is 9.09. The molecular formula is C23H38N4O4S. The molecule has 1 aliphatic heterocycles. The molecule has 0 bridgehead atoms. The molecule has 0 radical (unpaired) electrons. The molecule has 0 atom stereocenters. The van der Waals surface area contributed by atoms with Crippen LogP contribution in [-0.4, -0.2) is 57.3 Å². The van der Waals surface area contributed by atoms with E-state index in [4.69, 9.17) is 0 Å². The van der Waals surface area contributed by atoms with Gasteiger partial charge in [0.05, 0.1) is 16.3 Å². The average molecular weight is 467 g/mol. The van der Waals surface area contributed by atoms with Crippen molar-refractivity contribution in [1.82, 2.24) is 9.62 Å². The Labute approximate surface area is 192 Å². The van der Waals surface area contributed by atoms with Gasteiger partial charge in [-0.25, -0.2) is 8.42 Å². The van der Waals surface area contributed by atoms with Crippen molar-refractivity contribution in [2.45, 2.75) is 65.2 Å². The average Bonchev–Trinajstić information content (AvgIpc) is 2.74. The molecule has 1 heterocycles. The van der Waals surface area contributed by atoms with Gasteiger partial charge in [-0.3, -0.25) is 9.59 Å². The number of benzene rings is 1. The lowest BCUT2D eigenvalue weighted by atomic mass is 9.96. The van der Waals surface area contributed by atoms with Gasteiger partial charge in [0.25, 0.3) is 0 Å². The second-order valence-corrected chi connectivity index (χ2v) is 11.1. The van der Waals surface area contributed by atoms with E-state index in [0.29, 0.717) is 18.8 Å². The maximum Gasteiger partial charge on any atom is 0.243 e. The molecule has 180 valence electrons. The molecule has 1 fully saturated rings. The lowest BCUT2D eigenvalue weighted by molar-refractivity contribution is -0.128. The van der Waals surface area contributed by atoms with Gasteiger partial charge in [0, 0.05) is 44.6 Å². The number of sulfonamides is 1. The van der Waals surface area contributed by atoms with Crippen molar-refractivity contribution >= 4 is 33.2 Å². The molecule has 0 saturated carbocycles. The summed E-state index contributed by atoms with van der Waals surface area (Å²) in [6.07, 6.45) is 3.39. The van der Waals surface area contributed by atoms with Gasteiger partial charge in [-0.1, -0.05) is 34.6 Å². The van der Waals surface area contributed by atoms with Crippen LogP contribution in [0.4, 0.5) is 11.4 Å². The van der Waals surface area contributed by atoms with Crippen molar-refractivity contribution in [2.24, 2.45) is 5.41 Å². The van der Waals surface area contributed by atoms with Gasteiger partial charge in [0.1, 0.15) is 0 Å². The molecule has 0 unspecified atom stereocenters. The second kappa shape index (κ2) is 11.1. The Balaban J connectivity index is 2.24. The van der Waals surface area contributed by atoms with E-state index in [1.165, 1.54) is 10.7 Å². The standard InChI is InChI=1S/C23H38N4O4S/c1-6-27(7-2)32(30,31)18-11-12-20(26-15-9-8-10-16-26)19(17-18)25-21(28)13-14-24-22(29)23(3,4)5/h11-12,17H,6-10,13-16H2,1-5H3,(H,24,29)(H,25,28). The number of hydrogen-bond donors (Lipinski definition) is 2.